The smallest absolute Gasteiger partial charge is 0.302 e. The summed E-state index contributed by atoms with van der Waals surface area (Å²) in [5.74, 6) is 1.82. The predicted molar refractivity (Wildman–Crippen MR) is 83.7 cm³/mol. The third kappa shape index (κ3) is 1.81. The van der Waals surface area contributed by atoms with Gasteiger partial charge in [0.05, 0.1) is 5.69 Å². The molecule has 96 valence electrons. The van der Waals surface area contributed by atoms with Crippen molar-refractivity contribution in [2.24, 2.45) is 0 Å². The zero-order chi connectivity index (χ0) is 14.1. The Labute approximate surface area is 117 Å². The highest BCUT2D eigenvalue weighted by atomic mass is 16.2. The summed E-state index contributed by atoms with van der Waals surface area (Å²) in [6.07, 6.45) is 5.23. The van der Waals surface area contributed by atoms with Crippen LogP contribution < -0.4 is 4.90 Å². The SMILES string of the molecule is C#CC(=O)N(C)c1cc2ccccc2c2ccccc12. The Morgan fingerprint density at radius 1 is 1.00 bits per heavy atom. The van der Waals surface area contributed by atoms with Crippen LogP contribution in [0.25, 0.3) is 21.5 Å². The van der Waals surface area contributed by atoms with Gasteiger partial charge >= 0.3 is 5.91 Å². The summed E-state index contributed by atoms with van der Waals surface area (Å²) in [7, 11) is 1.71. The standard InChI is InChI=1S/C18H13NO/c1-3-18(20)19(2)17-12-13-8-4-5-9-14(13)15-10-6-7-11-16(15)17/h1,4-12H,2H3. The van der Waals surface area contributed by atoms with Gasteiger partial charge < -0.3 is 4.90 Å². The molecule has 3 aromatic rings. The molecule has 0 bridgehead atoms. The number of carbonyl (C=O) groups is 1. The molecule has 0 N–H and O–H groups in total. The second kappa shape index (κ2) is 4.71. The van der Waals surface area contributed by atoms with E-state index in [0.717, 1.165) is 21.8 Å². The van der Waals surface area contributed by atoms with Crippen molar-refractivity contribution in [2.75, 3.05) is 11.9 Å². The number of fused-ring (bicyclic) bond motifs is 3. The lowest BCUT2D eigenvalue weighted by Gasteiger charge is -2.18. The van der Waals surface area contributed by atoms with Crippen molar-refractivity contribution in [1.29, 1.82) is 0 Å². The van der Waals surface area contributed by atoms with Gasteiger partial charge in [-0.15, -0.1) is 6.42 Å². The van der Waals surface area contributed by atoms with Crippen LogP contribution in [0.3, 0.4) is 0 Å². The van der Waals surface area contributed by atoms with Gasteiger partial charge in [-0.2, -0.15) is 0 Å². The molecule has 0 radical (unpaired) electrons. The summed E-state index contributed by atoms with van der Waals surface area (Å²) in [4.78, 5) is 13.3. The van der Waals surface area contributed by atoms with E-state index >= 15 is 0 Å². The van der Waals surface area contributed by atoms with Gasteiger partial charge in [0.15, 0.2) is 0 Å². The molecular weight excluding hydrogens is 246 g/mol. The van der Waals surface area contributed by atoms with Crippen LogP contribution in [0.5, 0.6) is 0 Å². The maximum Gasteiger partial charge on any atom is 0.302 e. The highest BCUT2D eigenvalue weighted by Gasteiger charge is 2.13. The molecule has 0 saturated heterocycles. The first-order chi connectivity index (χ1) is 9.72. The average Bonchev–Trinajstić information content (AvgIpc) is 2.52. The number of rotatable bonds is 1. The number of hydrogen-bond acceptors (Lipinski definition) is 1. The lowest BCUT2D eigenvalue weighted by molar-refractivity contribution is -0.113. The molecule has 0 fully saturated rings. The molecule has 0 unspecified atom stereocenters. The molecule has 0 aliphatic heterocycles. The first-order valence-corrected chi connectivity index (χ1v) is 6.37. The number of carbonyl (C=O) groups excluding carboxylic acids is 1. The summed E-state index contributed by atoms with van der Waals surface area (Å²) < 4.78 is 0. The molecule has 0 aliphatic rings. The summed E-state index contributed by atoms with van der Waals surface area (Å²) in [6.45, 7) is 0. The van der Waals surface area contributed by atoms with E-state index < -0.39 is 0 Å². The van der Waals surface area contributed by atoms with E-state index in [1.165, 1.54) is 10.3 Å². The predicted octanol–water partition coefficient (Wildman–Crippen LogP) is 3.59. The molecule has 2 nitrogen and oxygen atoms in total. The average molecular weight is 259 g/mol. The molecule has 3 aromatic carbocycles. The molecule has 0 spiro atoms. The van der Waals surface area contributed by atoms with Gasteiger partial charge in [0.25, 0.3) is 0 Å². The van der Waals surface area contributed by atoms with Crippen LogP contribution in [0.4, 0.5) is 5.69 Å². The van der Waals surface area contributed by atoms with Crippen molar-refractivity contribution in [3.8, 4) is 12.3 Å². The van der Waals surface area contributed by atoms with Crippen molar-refractivity contribution in [3.05, 3.63) is 54.6 Å². The van der Waals surface area contributed by atoms with E-state index in [2.05, 4.69) is 18.1 Å². The van der Waals surface area contributed by atoms with Gasteiger partial charge in [-0.05, 0) is 28.1 Å². The molecule has 0 aliphatic carbocycles. The number of amides is 1. The van der Waals surface area contributed by atoms with Gasteiger partial charge in [-0.1, -0.05) is 48.5 Å². The van der Waals surface area contributed by atoms with Gasteiger partial charge in [0, 0.05) is 12.4 Å². The fraction of sp³-hybridized carbons (Fsp3) is 0.0556. The van der Waals surface area contributed by atoms with Gasteiger partial charge in [0.2, 0.25) is 0 Å². The molecular formula is C18H13NO. The van der Waals surface area contributed by atoms with E-state index in [9.17, 15) is 4.79 Å². The van der Waals surface area contributed by atoms with E-state index in [0.29, 0.717) is 0 Å². The Kier molecular flexibility index (Phi) is 2.89. The summed E-state index contributed by atoms with van der Waals surface area (Å²) in [5, 5.41) is 4.42. The number of nitrogens with zero attached hydrogens (tertiary/aromatic N) is 1. The van der Waals surface area contributed by atoms with Crippen LogP contribution in [0.1, 0.15) is 0 Å². The number of terminal acetylenes is 1. The molecule has 3 rings (SSSR count). The molecule has 0 saturated carbocycles. The second-order valence-electron chi connectivity index (χ2n) is 4.67. The van der Waals surface area contributed by atoms with Crippen LogP contribution in [0, 0.1) is 12.3 Å². The van der Waals surface area contributed by atoms with E-state index in [-0.39, 0.29) is 5.91 Å². The Hall–Kier alpha value is -2.79. The fourth-order valence-electron chi connectivity index (χ4n) is 2.52. The first kappa shape index (κ1) is 12.3. The summed E-state index contributed by atoms with van der Waals surface area (Å²) in [6, 6.07) is 18.2. The topological polar surface area (TPSA) is 20.3 Å². The van der Waals surface area contributed by atoms with Crippen LogP contribution in [0.2, 0.25) is 0 Å². The Morgan fingerprint density at radius 2 is 1.60 bits per heavy atom. The van der Waals surface area contributed by atoms with Crippen molar-refractivity contribution >= 4 is 33.1 Å². The van der Waals surface area contributed by atoms with Crippen molar-refractivity contribution in [2.45, 2.75) is 0 Å². The monoisotopic (exact) mass is 259 g/mol. The Bertz CT molecular complexity index is 858. The minimum absolute atomic E-state index is 0.342. The highest BCUT2D eigenvalue weighted by molar-refractivity contribution is 6.17. The maximum absolute atomic E-state index is 11.8. The molecule has 0 aromatic heterocycles. The highest BCUT2D eigenvalue weighted by Crippen LogP contribution is 2.33. The lowest BCUT2D eigenvalue weighted by Crippen LogP contribution is -2.24. The third-order valence-corrected chi connectivity index (χ3v) is 3.54. The maximum atomic E-state index is 11.8. The van der Waals surface area contributed by atoms with Crippen molar-refractivity contribution in [1.82, 2.24) is 0 Å². The molecule has 1 amide bonds. The van der Waals surface area contributed by atoms with Gasteiger partial charge in [0.1, 0.15) is 0 Å². The van der Waals surface area contributed by atoms with Crippen LogP contribution in [0.15, 0.2) is 54.6 Å². The Morgan fingerprint density at radius 3 is 2.30 bits per heavy atom. The first-order valence-electron chi connectivity index (χ1n) is 6.37. The van der Waals surface area contributed by atoms with E-state index in [1.807, 2.05) is 42.5 Å². The molecule has 0 atom stereocenters. The van der Waals surface area contributed by atoms with E-state index in [4.69, 9.17) is 6.42 Å². The number of anilines is 1. The van der Waals surface area contributed by atoms with Crippen LogP contribution in [-0.2, 0) is 4.79 Å². The minimum atomic E-state index is -0.342. The molecule has 20 heavy (non-hydrogen) atoms. The third-order valence-electron chi connectivity index (χ3n) is 3.54. The summed E-state index contributed by atoms with van der Waals surface area (Å²) in [5.41, 5.74) is 0.835. The molecule has 0 heterocycles. The fourth-order valence-corrected chi connectivity index (χ4v) is 2.52. The van der Waals surface area contributed by atoms with Gasteiger partial charge in [-0.25, -0.2) is 0 Å². The number of hydrogen-bond donors (Lipinski definition) is 0. The summed E-state index contributed by atoms with van der Waals surface area (Å²) >= 11 is 0. The number of benzene rings is 3. The zero-order valence-electron chi connectivity index (χ0n) is 11.1. The minimum Gasteiger partial charge on any atom is -0.304 e. The van der Waals surface area contributed by atoms with Gasteiger partial charge in [-0.3, -0.25) is 4.79 Å². The zero-order valence-corrected chi connectivity index (χ0v) is 11.1. The molecule has 2 heteroatoms. The second-order valence-corrected chi connectivity index (χ2v) is 4.67. The van der Waals surface area contributed by atoms with Crippen LogP contribution in [-0.4, -0.2) is 13.0 Å². The van der Waals surface area contributed by atoms with E-state index in [1.54, 1.807) is 7.05 Å². The van der Waals surface area contributed by atoms with Crippen molar-refractivity contribution in [3.63, 3.8) is 0 Å². The quantitative estimate of drug-likeness (QED) is 0.483. The van der Waals surface area contributed by atoms with Crippen molar-refractivity contribution < 1.29 is 4.79 Å². The lowest BCUT2D eigenvalue weighted by atomic mass is 10.00. The van der Waals surface area contributed by atoms with Crippen LogP contribution >= 0.6 is 0 Å². The normalized spacial score (nSPS) is 10.4. The largest absolute Gasteiger partial charge is 0.304 e. The Balaban J connectivity index is 2.41.